The molecule has 14 nitrogen and oxygen atoms in total. The van der Waals surface area contributed by atoms with Gasteiger partial charge in [0.05, 0.1) is 25.4 Å². The molecule has 0 unspecified atom stereocenters. The summed E-state index contributed by atoms with van der Waals surface area (Å²) < 4.78 is 29.1. The molecule has 0 spiro atoms. The van der Waals surface area contributed by atoms with Gasteiger partial charge in [-0.25, -0.2) is 4.79 Å². The predicted molar refractivity (Wildman–Crippen MR) is 190 cm³/mol. The van der Waals surface area contributed by atoms with Crippen LogP contribution in [0.4, 0.5) is 0 Å². The van der Waals surface area contributed by atoms with Gasteiger partial charge >= 0.3 is 5.97 Å². The highest BCUT2D eigenvalue weighted by atomic mass is 16.7. The van der Waals surface area contributed by atoms with E-state index in [9.17, 15) is 45.6 Å². The first-order valence-electron chi connectivity index (χ1n) is 20.0. The third-order valence-corrected chi connectivity index (χ3v) is 15.4. The zero-order valence-corrected chi connectivity index (χ0v) is 32.1. The molecule has 3 saturated carbocycles. The van der Waals surface area contributed by atoms with Crippen LogP contribution >= 0.6 is 0 Å². The quantitative estimate of drug-likeness (QED) is 0.127. The summed E-state index contributed by atoms with van der Waals surface area (Å²) >= 11 is 0. The molecule has 0 aromatic carbocycles. The zero-order chi connectivity index (χ0) is 39.0. The number of allylic oxidation sites excluding steroid dienone is 1. The van der Waals surface area contributed by atoms with Gasteiger partial charge in [-0.05, 0) is 87.4 Å². The van der Waals surface area contributed by atoms with Crippen molar-refractivity contribution in [3.63, 3.8) is 0 Å². The highest BCUT2D eigenvalue weighted by molar-refractivity contribution is 5.89. The monoisotopic (exact) mass is 766 g/mol. The van der Waals surface area contributed by atoms with Gasteiger partial charge in [0.1, 0.15) is 54.9 Å². The average Bonchev–Trinajstić information content (AvgIpc) is 3.50. The van der Waals surface area contributed by atoms with E-state index in [2.05, 4.69) is 26.8 Å². The summed E-state index contributed by atoms with van der Waals surface area (Å²) in [4.78, 5) is 12.6. The lowest BCUT2D eigenvalue weighted by molar-refractivity contribution is -0.337. The first kappa shape index (κ1) is 40.7. The Balaban J connectivity index is 1.00. The Kier molecular flexibility index (Phi) is 11.5. The predicted octanol–water partition coefficient (Wildman–Crippen LogP) is 0.834. The molecular formula is C40H62O14. The van der Waals surface area contributed by atoms with Gasteiger partial charge in [0.25, 0.3) is 0 Å². The number of hydrogen-bond donors (Lipinski definition) is 8. The number of ether oxygens (including phenoxy) is 5. The Morgan fingerprint density at radius 2 is 1.52 bits per heavy atom. The lowest BCUT2D eigenvalue weighted by Gasteiger charge is -2.60. The summed E-state index contributed by atoms with van der Waals surface area (Å²) in [7, 11) is 0. The zero-order valence-electron chi connectivity index (χ0n) is 32.1. The molecule has 2 saturated heterocycles. The van der Waals surface area contributed by atoms with Gasteiger partial charge in [0.2, 0.25) is 0 Å². The average molecular weight is 767 g/mol. The van der Waals surface area contributed by atoms with Crippen LogP contribution in [0, 0.1) is 40.4 Å². The Morgan fingerprint density at radius 3 is 2.20 bits per heavy atom. The normalized spacial score (nSPS) is 51.5. The molecule has 0 bridgehead atoms. The van der Waals surface area contributed by atoms with E-state index < -0.39 is 92.2 Å². The molecule has 3 aliphatic heterocycles. The number of fused-ring (bicyclic) bond motifs is 5. The highest BCUT2D eigenvalue weighted by Crippen LogP contribution is 2.67. The van der Waals surface area contributed by atoms with Crippen molar-refractivity contribution in [1.29, 1.82) is 0 Å². The van der Waals surface area contributed by atoms with Crippen molar-refractivity contribution in [3.05, 3.63) is 22.8 Å². The maximum atomic E-state index is 12.6. The smallest absolute Gasteiger partial charge is 0.333 e. The van der Waals surface area contributed by atoms with E-state index >= 15 is 0 Å². The fourth-order valence-electron chi connectivity index (χ4n) is 11.9. The van der Waals surface area contributed by atoms with Crippen molar-refractivity contribution in [3.8, 4) is 0 Å². The van der Waals surface area contributed by atoms with Crippen molar-refractivity contribution >= 4 is 5.97 Å². The molecular weight excluding hydrogens is 704 g/mol. The molecule has 4 aliphatic carbocycles. The molecule has 5 fully saturated rings. The minimum Gasteiger partial charge on any atom is -0.458 e. The van der Waals surface area contributed by atoms with Crippen molar-refractivity contribution in [1.82, 2.24) is 0 Å². The Labute approximate surface area is 317 Å². The van der Waals surface area contributed by atoms with Crippen LogP contribution in [0.25, 0.3) is 0 Å². The van der Waals surface area contributed by atoms with Crippen LogP contribution in [0.15, 0.2) is 22.8 Å². The third kappa shape index (κ3) is 6.73. The second-order valence-electron chi connectivity index (χ2n) is 18.0. The van der Waals surface area contributed by atoms with Gasteiger partial charge in [-0.3, -0.25) is 0 Å². The summed E-state index contributed by atoms with van der Waals surface area (Å²) in [6.45, 7) is 9.70. The second kappa shape index (κ2) is 15.3. The minimum atomic E-state index is -1.67. The summed E-state index contributed by atoms with van der Waals surface area (Å²) in [6.07, 6.45) is -7.38. The van der Waals surface area contributed by atoms with Crippen LogP contribution in [0.5, 0.6) is 0 Å². The molecule has 0 aromatic rings. The van der Waals surface area contributed by atoms with Crippen molar-refractivity contribution in [2.45, 2.75) is 166 Å². The highest BCUT2D eigenvalue weighted by Gasteiger charge is 2.62. The van der Waals surface area contributed by atoms with Gasteiger partial charge in [0.15, 0.2) is 12.6 Å². The second-order valence-corrected chi connectivity index (χ2v) is 18.0. The fraction of sp³-hybridized carbons (Fsp3) is 0.875. The van der Waals surface area contributed by atoms with E-state index in [1.807, 2.05) is 13.8 Å². The van der Waals surface area contributed by atoms with E-state index in [1.165, 1.54) is 0 Å². The molecule has 20 atom stereocenters. The summed E-state index contributed by atoms with van der Waals surface area (Å²) in [5.41, 5.74) is 2.65. The summed E-state index contributed by atoms with van der Waals surface area (Å²) in [5, 5.41) is 84.3. The number of hydrogen-bond acceptors (Lipinski definition) is 14. The number of esters is 1. The fourth-order valence-corrected chi connectivity index (χ4v) is 11.9. The SMILES string of the molecule is CC1=C(C)C(=O)O[C@@H]([C@H](C)[C@@H]2CC[C@@H]3[C@H]4CC=C5C[C@@H](O[C@H]6O[C@@H](CO[C@@H]7O[C@H](CO)[C@@H](O)[C@@H](O)[C@@H]7O)[C@H](O)[C@@H](O)[C@@H]6O)C[C@@H](O)[C@@]5(C)[C@@H]4CC[C@]32C)C1. The third-order valence-electron chi connectivity index (χ3n) is 15.4. The van der Waals surface area contributed by atoms with E-state index in [0.717, 1.165) is 55.2 Å². The molecule has 14 heteroatoms. The van der Waals surface area contributed by atoms with Crippen LogP contribution in [-0.2, 0) is 28.5 Å². The largest absolute Gasteiger partial charge is 0.458 e. The van der Waals surface area contributed by atoms with Crippen LogP contribution in [0.3, 0.4) is 0 Å². The molecule has 7 rings (SSSR count). The van der Waals surface area contributed by atoms with Crippen molar-refractivity contribution in [2.75, 3.05) is 13.2 Å². The van der Waals surface area contributed by atoms with Gasteiger partial charge in [-0.15, -0.1) is 0 Å². The van der Waals surface area contributed by atoms with Gasteiger partial charge < -0.3 is 64.5 Å². The number of rotatable bonds is 8. The first-order valence-corrected chi connectivity index (χ1v) is 20.0. The minimum absolute atomic E-state index is 0.103. The lowest BCUT2D eigenvalue weighted by atomic mass is 9.46. The van der Waals surface area contributed by atoms with Gasteiger partial charge in [-0.1, -0.05) is 38.0 Å². The number of aliphatic hydroxyl groups is 8. The van der Waals surface area contributed by atoms with Gasteiger partial charge in [0, 0.05) is 23.8 Å². The summed E-state index contributed by atoms with van der Waals surface area (Å²) in [5.74, 6) is 1.72. The summed E-state index contributed by atoms with van der Waals surface area (Å²) in [6, 6.07) is 0. The molecule has 54 heavy (non-hydrogen) atoms. The molecule has 7 aliphatic rings. The Morgan fingerprint density at radius 1 is 0.852 bits per heavy atom. The standard InChI is InChI=1S/C40H62O14/c1-17-12-26(52-36(49)18(17)2)19(3)23-8-9-24-22-7-6-20-13-21(14-29(42)40(20,5)25(22)10-11-39(23,24)4)51-38-35(48)33(46)31(44)28(54-38)16-50-37-34(47)32(45)30(43)27(15-41)53-37/h6,19,21-35,37-38,41-48H,7-16H2,1-5H3/t19-,21-,22-,23+,24-,25-,26-,27-,28+,29-,30-,31+,32-,33-,34+,35+,37-,38+,39+,40-/m1/s1. The van der Waals surface area contributed by atoms with Gasteiger partial charge in [-0.2, -0.15) is 0 Å². The maximum absolute atomic E-state index is 12.6. The molecule has 0 amide bonds. The number of carbonyl (C=O) groups excluding carboxylic acids is 1. The van der Waals surface area contributed by atoms with E-state index in [4.69, 9.17) is 23.7 Å². The van der Waals surface area contributed by atoms with Crippen molar-refractivity contribution in [2.24, 2.45) is 40.4 Å². The topological polar surface area (TPSA) is 225 Å². The molecule has 0 aromatic heterocycles. The molecule has 306 valence electrons. The number of cyclic esters (lactones) is 1. The van der Waals surface area contributed by atoms with E-state index in [1.54, 1.807) is 0 Å². The van der Waals surface area contributed by atoms with Crippen LogP contribution < -0.4 is 0 Å². The van der Waals surface area contributed by atoms with Crippen molar-refractivity contribution < 1.29 is 69.3 Å². The Bertz CT molecular complexity index is 1450. The maximum Gasteiger partial charge on any atom is 0.333 e. The number of carbonyl (C=O) groups is 1. The van der Waals surface area contributed by atoms with Crippen LogP contribution in [-0.4, -0.2) is 140 Å². The lowest BCUT2D eigenvalue weighted by Crippen LogP contribution is -2.62. The number of aliphatic hydroxyl groups excluding tert-OH is 8. The van der Waals surface area contributed by atoms with Crippen LogP contribution in [0.1, 0.15) is 86.0 Å². The first-order chi connectivity index (χ1) is 25.5. The van der Waals surface area contributed by atoms with E-state index in [-0.39, 0.29) is 29.8 Å². The Hall–Kier alpha value is -1.53. The molecule has 0 radical (unpaired) electrons. The van der Waals surface area contributed by atoms with E-state index in [0.29, 0.717) is 30.1 Å². The van der Waals surface area contributed by atoms with Crippen LogP contribution in [0.2, 0.25) is 0 Å². The molecule has 8 N–H and O–H groups in total. The molecule has 3 heterocycles.